The monoisotopic (exact) mass is 223 g/mol. The first kappa shape index (κ1) is 13.0. The molecular formula is C14H20FO. The first-order chi connectivity index (χ1) is 7.84. The molecule has 1 aromatic carbocycles. The van der Waals surface area contributed by atoms with Gasteiger partial charge in [-0.25, -0.2) is 4.39 Å². The fourth-order valence-corrected chi connectivity index (χ4v) is 1.58. The number of rotatable bonds is 8. The zero-order chi connectivity index (χ0) is 11.6. The van der Waals surface area contributed by atoms with E-state index in [2.05, 4.69) is 13.0 Å². The molecular weight excluding hydrogens is 203 g/mol. The molecule has 89 valence electrons. The molecule has 0 aliphatic carbocycles. The first-order valence-electron chi connectivity index (χ1n) is 6.13. The topological polar surface area (TPSA) is 9.23 Å². The van der Waals surface area contributed by atoms with Crippen molar-refractivity contribution in [1.29, 1.82) is 0 Å². The van der Waals surface area contributed by atoms with E-state index in [9.17, 15) is 4.39 Å². The van der Waals surface area contributed by atoms with Crippen LogP contribution in [-0.2, 0) is 0 Å². The molecule has 0 saturated heterocycles. The molecule has 16 heavy (non-hydrogen) atoms. The second-order valence-electron chi connectivity index (χ2n) is 3.97. The van der Waals surface area contributed by atoms with Crippen LogP contribution in [0.2, 0.25) is 0 Å². The molecule has 0 fully saturated rings. The van der Waals surface area contributed by atoms with Crippen molar-refractivity contribution in [3.8, 4) is 5.75 Å². The lowest BCUT2D eigenvalue weighted by atomic mass is 10.1. The number of ether oxygens (including phenoxy) is 1. The Kier molecular flexibility index (Phi) is 6.62. The van der Waals surface area contributed by atoms with Gasteiger partial charge >= 0.3 is 0 Å². The van der Waals surface area contributed by atoms with Gasteiger partial charge in [-0.2, -0.15) is 0 Å². The summed E-state index contributed by atoms with van der Waals surface area (Å²) in [7, 11) is 0. The SMILES string of the molecule is CCCCCCCCOc1cc[c]cc1F. The van der Waals surface area contributed by atoms with Crippen molar-refractivity contribution >= 4 is 0 Å². The zero-order valence-corrected chi connectivity index (χ0v) is 9.97. The molecule has 0 saturated carbocycles. The Morgan fingerprint density at radius 3 is 2.69 bits per heavy atom. The van der Waals surface area contributed by atoms with Crippen molar-refractivity contribution in [3.05, 3.63) is 30.1 Å². The van der Waals surface area contributed by atoms with Gasteiger partial charge in [0, 0.05) is 0 Å². The molecule has 1 nitrogen and oxygen atoms in total. The van der Waals surface area contributed by atoms with E-state index in [-0.39, 0.29) is 5.82 Å². The molecule has 0 unspecified atom stereocenters. The fraction of sp³-hybridized carbons (Fsp3) is 0.571. The van der Waals surface area contributed by atoms with Crippen molar-refractivity contribution in [2.45, 2.75) is 45.4 Å². The highest BCUT2D eigenvalue weighted by molar-refractivity contribution is 5.22. The summed E-state index contributed by atoms with van der Waals surface area (Å²) in [6.45, 7) is 2.81. The van der Waals surface area contributed by atoms with Crippen molar-refractivity contribution in [2.24, 2.45) is 0 Å². The quantitative estimate of drug-likeness (QED) is 0.595. The number of hydrogen-bond donors (Lipinski definition) is 0. The number of halogens is 1. The van der Waals surface area contributed by atoms with Gasteiger partial charge in [0.2, 0.25) is 0 Å². The van der Waals surface area contributed by atoms with Gasteiger partial charge in [-0.3, -0.25) is 0 Å². The number of benzene rings is 1. The minimum Gasteiger partial charge on any atom is -0.491 e. The van der Waals surface area contributed by atoms with Crippen molar-refractivity contribution in [1.82, 2.24) is 0 Å². The Morgan fingerprint density at radius 1 is 1.19 bits per heavy atom. The largest absolute Gasteiger partial charge is 0.491 e. The number of hydrogen-bond acceptors (Lipinski definition) is 1. The summed E-state index contributed by atoms with van der Waals surface area (Å²) < 4.78 is 18.5. The maximum absolute atomic E-state index is 13.1. The lowest BCUT2D eigenvalue weighted by Gasteiger charge is -2.06. The Bertz CT molecular complexity index is 286. The van der Waals surface area contributed by atoms with E-state index < -0.39 is 0 Å². The lowest BCUT2D eigenvalue weighted by Crippen LogP contribution is -1.98. The Morgan fingerprint density at radius 2 is 1.94 bits per heavy atom. The highest BCUT2D eigenvalue weighted by atomic mass is 19.1. The van der Waals surface area contributed by atoms with Crippen molar-refractivity contribution < 1.29 is 9.13 Å². The molecule has 0 N–H and O–H groups in total. The normalized spacial score (nSPS) is 10.4. The van der Waals surface area contributed by atoms with Crippen LogP contribution in [-0.4, -0.2) is 6.61 Å². The van der Waals surface area contributed by atoms with Crippen LogP contribution in [0.5, 0.6) is 5.75 Å². The highest BCUT2D eigenvalue weighted by Crippen LogP contribution is 2.15. The molecule has 1 radical (unpaired) electrons. The van der Waals surface area contributed by atoms with E-state index in [1.807, 2.05) is 0 Å². The van der Waals surface area contributed by atoms with Gasteiger partial charge in [-0.15, -0.1) is 0 Å². The second kappa shape index (κ2) is 8.14. The molecule has 0 aromatic heterocycles. The van der Waals surface area contributed by atoms with Crippen LogP contribution in [0.25, 0.3) is 0 Å². The van der Waals surface area contributed by atoms with E-state index in [0.29, 0.717) is 12.4 Å². The Balaban J connectivity index is 2.05. The number of unbranched alkanes of at least 4 members (excludes halogenated alkanes) is 5. The third-order valence-electron chi connectivity index (χ3n) is 2.53. The summed E-state index contributed by atoms with van der Waals surface area (Å²) in [5.74, 6) is 0.0146. The zero-order valence-electron chi connectivity index (χ0n) is 9.97. The molecule has 0 aliphatic heterocycles. The van der Waals surface area contributed by atoms with Crippen LogP contribution in [0.15, 0.2) is 18.2 Å². The first-order valence-corrected chi connectivity index (χ1v) is 6.13. The Labute approximate surface area is 97.6 Å². The second-order valence-corrected chi connectivity index (χ2v) is 3.97. The van der Waals surface area contributed by atoms with E-state index in [0.717, 1.165) is 6.42 Å². The third kappa shape index (κ3) is 5.15. The van der Waals surface area contributed by atoms with E-state index in [1.54, 1.807) is 12.1 Å². The summed E-state index contributed by atoms with van der Waals surface area (Å²) in [4.78, 5) is 0. The summed E-state index contributed by atoms with van der Waals surface area (Å²) >= 11 is 0. The van der Waals surface area contributed by atoms with Crippen molar-refractivity contribution in [2.75, 3.05) is 6.61 Å². The third-order valence-corrected chi connectivity index (χ3v) is 2.53. The molecule has 1 rings (SSSR count). The molecule has 0 aliphatic rings. The smallest absolute Gasteiger partial charge is 0.165 e. The maximum atomic E-state index is 13.1. The van der Waals surface area contributed by atoms with Gasteiger partial charge < -0.3 is 4.74 Å². The summed E-state index contributed by atoms with van der Waals surface area (Å²) in [6, 6.07) is 7.26. The van der Waals surface area contributed by atoms with Crippen LogP contribution < -0.4 is 4.74 Å². The standard InChI is InChI=1S/C14H20FO/c1-2-3-4-5-6-9-12-16-14-11-8-7-10-13(14)15/h8,10-11H,2-6,9,12H2,1H3. The van der Waals surface area contributed by atoms with Gasteiger partial charge in [-0.05, 0) is 24.6 Å². The predicted octanol–water partition coefficient (Wildman–Crippen LogP) is 4.37. The van der Waals surface area contributed by atoms with Crippen LogP contribution in [0.4, 0.5) is 4.39 Å². The van der Waals surface area contributed by atoms with E-state index in [4.69, 9.17) is 4.74 Å². The maximum Gasteiger partial charge on any atom is 0.165 e. The minimum atomic E-state index is -0.325. The molecule has 1 aromatic rings. The van der Waals surface area contributed by atoms with Crippen LogP contribution in [0.1, 0.15) is 45.4 Å². The van der Waals surface area contributed by atoms with E-state index >= 15 is 0 Å². The predicted molar refractivity (Wildman–Crippen MR) is 64.1 cm³/mol. The van der Waals surface area contributed by atoms with E-state index in [1.165, 1.54) is 38.2 Å². The summed E-state index contributed by atoms with van der Waals surface area (Å²) in [6.07, 6.45) is 7.29. The molecule has 0 atom stereocenters. The lowest BCUT2D eigenvalue weighted by molar-refractivity contribution is 0.290. The van der Waals surface area contributed by atoms with Gasteiger partial charge in [0.15, 0.2) is 11.6 Å². The fourth-order valence-electron chi connectivity index (χ4n) is 1.58. The molecule has 0 heterocycles. The summed E-state index contributed by atoms with van der Waals surface area (Å²) in [5, 5.41) is 0. The van der Waals surface area contributed by atoms with Crippen LogP contribution >= 0.6 is 0 Å². The van der Waals surface area contributed by atoms with Gasteiger partial charge in [0.1, 0.15) is 0 Å². The molecule has 0 bridgehead atoms. The van der Waals surface area contributed by atoms with Crippen LogP contribution in [0.3, 0.4) is 0 Å². The highest BCUT2D eigenvalue weighted by Gasteiger charge is 2.00. The molecule has 0 amide bonds. The van der Waals surface area contributed by atoms with Gasteiger partial charge in [-0.1, -0.05) is 45.1 Å². The Hall–Kier alpha value is -1.05. The molecule has 0 spiro atoms. The van der Waals surface area contributed by atoms with Crippen LogP contribution in [0, 0.1) is 11.9 Å². The van der Waals surface area contributed by atoms with Gasteiger partial charge in [0.05, 0.1) is 6.61 Å². The average Bonchev–Trinajstić information content (AvgIpc) is 2.30. The van der Waals surface area contributed by atoms with Gasteiger partial charge in [0.25, 0.3) is 0 Å². The summed E-state index contributed by atoms with van der Waals surface area (Å²) in [5.41, 5.74) is 0. The molecule has 2 heteroatoms. The average molecular weight is 223 g/mol. The minimum absolute atomic E-state index is 0.325. The van der Waals surface area contributed by atoms with Crippen molar-refractivity contribution in [3.63, 3.8) is 0 Å².